The van der Waals surface area contributed by atoms with Crippen molar-refractivity contribution in [1.82, 2.24) is 19.8 Å². The molecule has 0 saturated heterocycles. The average molecular weight is 573 g/mol. The Morgan fingerprint density at radius 1 is 0.707 bits per heavy atom. The van der Waals surface area contributed by atoms with Crippen LogP contribution in [0.1, 0.15) is 54.6 Å². The van der Waals surface area contributed by atoms with Gasteiger partial charge >= 0.3 is 11.9 Å². The average Bonchev–Trinajstić information content (AvgIpc) is 3.56. The van der Waals surface area contributed by atoms with Gasteiger partial charge in [0.2, 0.25) is 11.8 Å². The van der Waals surface area contributed by atoms with Gasteiger partial charge in [-0.05, 0) is 23.3 Å². The molecule has 2 aromatic rings. The molecule has 0 unspecified atom stereocenters. The minimum atomic E-state index is -1.02. The number of nitrogens with zero attached hydrogens (tertiary/aromatic N) is 4. The Balaban J connectivity index is 1.29. The highest BCUT2D eigenvalue weighted by atomic mass is 16.5. The first-order valence-electron chi connectivity index (χ1n) is 13.1. The van der Waals surface area contributed by atoms with Gasteiger partial charge in [0.15, 0.2) is 11.5 Å². The lowest BCUT2D eigenvalue weighted by molar-refractivity contribution is -0.141. The van der Waals surface area contributed by atoms with Crippen LogP contribution in [0.5, 0.6) is 23.3 Å². The van der Waals surface area contributed by atoms with Crippen LogP contribution in [-0.2, 0) is 45.4 Å². The predicted molar refractivity (Wildman–Crippen MR) is 139 cm³/mol. The fraction of sp³-hybridized carbons (Fsp3) is 0.481. The third kappa shape index (κ3) is 7.32. The first kappa shape index (κ1) is 29.4. The number of carboxylic acids is 2. The van der Waals surface area contributed by atoms with Gasteiger partial charge in [-0.3, -0.25) is 19.2 Å². The second-order valence-electron chi connectivity index (χ2n) is 9.54. The van der Waals surface area contributed by atoms with Crippen molar-refractivity contribution in [2.45, 2.75) is 58.3 Å². The Labute approximate surface area is 235 Å². The van der Waals surface area contributed by atoms with Gasteiger partial charge in [0.25, 0.3) is 11.8 Å². The SMILES string of the molecule is COc1nc2c(cc1OCCCOc1cc3c(nc1OC)CN(C(=O)CCC(=O)O)C3)CN(C(=O)CCC(=O)O)C2. The summed E-state index contributed by atoms with van der Waals surface area (Å²) in [6.45, 7) is 1.76. The van der Waals surface area contributed by atoms with Gasteiger partial charge in [0.05, 0.1) is 64.8 Å². The number of amides is 2. The zero-order valence-electron chi connectivity index (χ0n) is 22.9. The molecular weight excluding hydrogens is 540 g/mol. The fourth-order valence-electron chi connectivity index (χ4n) is 4.56. The highest BCUT2D eigenvalue weighted by Gasteiger charge is 2.28. The first-order chi connectivity index (χ1) is 19.7. The van der Waals surface area contributed by atoms with Gasteiger partial charge < -0.3 is 39.0 Å². The number of carboxylic acid groups (broad SMARTS) is 2. The van der Waals surface area contributed by atoms with Crippen LogP contribution in [0.2, 0.25) is 0 Å². The van der Waals surface area contributed by atoms with Gasteiger partial charge in [-0.25, -0.2) is 9.97 Å². The van der Waals surface area contributed by atoms with E-state index in [2.05, 4.69) is 9.97 Å². The molecule has 0 bridgehead atoms. The molecule has 0 atom stereocenters. The van der Waals surface area contributed by atoms with Crippen molar-refractivity contribution < 1.29 is 48.3 Å². The summed E-state index contributed by atoms with van der Waals surface area (Å²) in [6.07, 6.45) is -0.0902. The van der Waals surface area contributed by atoms with Crippen molar-refractivity contribution in [3.05, 3.63) is 34.6 Å². The molecular formula is C27H32N4O10. The molecule has 14 heteroatoms. The summed E-state index contributed by atoms with van der Waals surface area (Å²) in [7, 11) is 2.95. The van der Waals surface area contributed by atoms with Crippen LogP contribution in [0.4, 0.5) is 0 Å². The molecule has 4 heterocycles. The second kappa shape index (κ2) is 13.2. The molecule has 2 aliphatic heterocycles. The summed E-state index contributed by atoms with van der Waals surface area (Å²) in [5.41, 5.74) is 2.98. The van der Waals surface area contributed by atoms with Gasteiger partial charge in [0, 0.05) is 32.4 Å². The smallest absolute Gasteiger partial charge is 0.303 e. The number of aromatic nitrogens is 2. The van der Waals surface area contributed by atoms with Crippen LogP contribution in [0.3, 0.4) is 0 Å². The normalized spacial score (nSPS) is 13.4. The molecule has 2 N–H and O–H groups in total. The van der Waals surface area contributed by atoms with Gasteiger partial charge in [-0.2, -0.15) is 0 Å². The van der Waals surface area contributed by atoms with Crippen molar-refractivity contribution in [2.75, 3.05) is 27.4 Å². The van der Waals surface area contributed by atoms with E-state index in [9.17, 15) is 19.2 Å². The molecule has 0 saturated carbocycles. The third-order valence-electron chi connectivity index (χ3n) is 6.65. The molecule has 41 heavy (non-hydrogen) atoms. The minimum Gasteiger partial charge on any atom is -0.488 e. The number of rotatable bonds is 14. The number of aliphatic carboxylic acids is 2. The molecule has 0 spiro atoms. The first-order valence-corrected chi connectivity index (χ1v) is 13.1. The topological polar surface area (TPSA) is 178 Å². The number of ether oxygens (including phenoxy) is 4. The molecule has 0 radical (unpaired) electrons. The molecule has 14 nitrogen and oxygen atoms in total. The molecule has 0 aromatic carbocycles. The molecule has 2 aromatic heterocycles. The van der Waals surface area contributed by atoms with Crippen LogP contribution < -0.4 is 18.9 Å². The molecule has 0 aliphatic carbocycles. The minimum absolute atomic E-state index is 0.0719. The van der Waals surface area contributed by atoms with E-state index in [1.165, 1.54) is 14.2 Å². The summed E-state index contributed by atoms with van der Waals surface area (Å²) in [5.74, 6) is -1.11. The molecule has 4 rings (SSSR count). The molecule has 2 aliphatic rings. The highest BCUT2D eigenvalue weighted by Crippen LogP contribution is 2.34. The van der Waals surface area contributed by atoms with Gasteiger partial charge in [-0.15, -0.1) is 0 Å². The lowest BCUT2D eigenvalue weighted by atomic mass is 10.2. The lowest BCUT2D eigenvalue weighted by Crippen LogP contribution is -2.25. The zero-order chi connectivity index (χ0) is 29.5. The second-order valence-corrected chi connectivity index (χ2v) is 9.54. The Kier molecular flexibility index (Phi) is 9.42. The van der Waals surface area contributed by atoms with Gasteiger partial charge in [-0.1, -0.05) is 0 Å². The molecule has 2 amide bonds. The Morgan fingerprint density at radius 3 is 1.49 bits per heavy atom. The number of methoxy groups -OCH3 is 2. The Hall–Kier alpha value is -4.62. The summed E-state index contributed by atoms with van der Waals surface area (Å²) >= 11 is 0. The van der Waals surface area contributed by atoms with Crippen LogP contribution in [0.15, 0.2) is 12.1 Å². The molecule has 0 fully saturated rings. The van der Waals surface area contributed by atoms with Crippen molar-refractivity contribution >= 4 is 23.8 Å². The van der Waals surface area contributed by atoms with E-state index in [-0.39, 0.29) is 75.6 Å². The van der Waals surface area contributed by atoms with E-state index in [0.717, 1.165) is 11.1 Å². The van der Waals surface area contributed by atoms with Gasteiger partial charge in [0.1, 0.15) is 0 Å². The van der Waals surface area contributed by atoms with Crippen molar-refractivity contribution in [2.24, 2.45) is 0 Å². The number of hydrogen-bond acceptors (Lipinski definition) is 10. The maximum absolute atomic E-state index is 12.3. The number of pyridine rings is 2. The van der Waals surface area contributed by atoms with Crippen molar-refractivity contribution in [1.29, 1.82) is 0 Å². The largest absolute Gasteiger partial charge is 0.488 e. The Morgan fingerprint density at radius 2 is 1.12 bits per heavy atom. The lowest BCUT2D eigenvalue weighted by Gasteiger charge is -2.14. The van der Waals surface area contributed by atoms with E-state index in [1.54, 1.807) is 21.9 Å². The van der Waals surface area contributed by atoms with E-state index in [0.29, 0.717) is 42.4 Å². The number of hydrogen-bond donors (Lipinski definition) is 2. The van der Waals surface area contributed by atoms with E-state index in [1.807, 2.05) is 0 Å². The summed E-state index contributed by atoms with van der Waals surface area (Å²) < 4.78 is 22.5. The van der Waals surface area contributed by atoms with E-state index >= 15 is 0 Å². The summed E-state index contributed by atoms with van der Waals surface area (Å²) in [6, 6.07) is 3.56. The van der Waals surface area contributed by atoms with Crippen LogP contribution in [-0.4, -0.2) is 81.2 Å². The monoisotopic (exact) mass is 572 g/mol. The van der Waals surface area contributed by atoms with E-state index < -0.39 is 11.9 Å². The Bertz CT molecular complexity index is 1230. The molecule has 220 valence electrons. The maximum Gasteiger partial charge on any atom is 0.303 e. The van der Waals surface area contributed by atoms with Crippen LogP contribution in [0, 0.1) is 0 Å². The van der Waals surface area contributed by atoms with Crippen molar-refractivity contribution in [3.63, 3.8) is 0 Å². The summed E-state index contributed by atoms with van der Waals surface area (Å²) in [4.78, 5) is 58.3. The van der Waals surface area contributed by atoms with E-state index in [4.69, 9.17) is 29.2 Å². The highest BCUT2D eigenvalue weighted by molar-refractivity contribution is 5.81. The van der Waals surface area contributed by atoms with Crippen LogP contribution in [0.25, 0.3) is 0 Å². The zero-order valence-corrected chi connectivity index (χ0v) is 22.9. The van der Waals surface area contributed by atoms with Crippen molar-refractivity contribution in [3.8, 4) is 23.3 Å². The number of carbonyl (C=O) groups excluding carboxylic acids is 2. The maximum atomic E-state index is 12.3. The third-order valence-corrected chi connectivity index (χ3v) is 6.65. The fourth-order valence-corrected chi connectivity index (χ4v) is 4.56. The number of carbonyl (C=O) groups is 4. The summed E-state index contributed by atoms with van der Waals surface area (Å²) in [5, 5.41) is 17.7. The number of fused-ring (bicyclic) bond motifs is 2. The quantitative estimate of drug-likeness (QED) is 0.314. The standard InChI is InChI=1S/C27H32N4O10/c1-38-26-20(10-16-12-30(14-18(16)28-26)22(32)4-6-24(34)35)40-8-3-9-41-21-11-17-13-31(23(33)5-7-25(36)37)15-19(17)29-27(21)39-2/h10-11H,3-9,12-15H2,1-2H3,(H,34,35)(H,36,37). The van der Waals surface area contributed by atoms with Crippen LogP contribution >= 0.6 is 0 Å². The predicted octanol–water partition coefficient (Wildman–Crippen LogP) is 1.76.